The van der Waals surface area contributed by atoms with E-state index in [4.69, 9.17) is 11.6 Å². The average Bonchev–Trinajstić information content (AvgIpc) is 2.45. The number of nitrogens with one attached hydrogen (secondary N) is 1. The molecule has 136 valence electrons. The van der Waals surface area contributed by atoms with E-state index in [0.29, 0.717) is 12.1 Å². The molecular formula is C14H10ClF4NO3S2. The summed E-state index contributed by atoms with van der Waals surface area (Å²) in [7, 11) is -6.08. The number of rotatable bonds is 4. The first kappa shape index (κ1) is 19.7. The van der Waals surface area contributed by atoms with Crippen LogP contribution < -0.4 is 4.72 Å². The molecule has 25 heavy (non-hydrogen) atoms. The second-order valence-electron chi connectivity index (χ2n) is 4.84. The molecule has 0 aromatic heterocycles. The van der Waals surface area contributed by atoms with Crippen molar-refractivity contribution in [3.8, 4) is 0 Å². The summed E-state index contributed by atoms with van der Waals surface area (Å²) in [5.41, 5.74) is -1.85. The molecule has 0 heterocycles. The highest BCUT2D eigenvalue weighted by atomic mass is 35.5. The topological polar surface area (TPSA) is 63.2 Å². The summed E-state index contributed by atoms with van der Waals surface area (Å²) < 4.78 is 89.9. The zero-order valence-electron chi connectivity index (χ0n) is 12.4. The van der Waals surface area contributed by atoms with Gasteiger partial charge in [0.2, 0.25) is 0 Å². The minimum Gasteiger partial charge on any atom is -0.278 e. The van der Waals surface area contributed by atoms with E-state index in [2.05, 4.69) is 0 Å². The van der Waals surface area contributed by atoms with Gasteiger partial charge in [0, 0.05) is 11.3 Å². The molecule has 4 nitrogen and oxygen atoms in total. The standard InChI is InChI=1S/C14H10ClF4NO3S2/c1-24(21)13-5-2-8(15)6-12(13)20-25(22,23)9-3-4-11(16)10(7-9)14(17,18)19/h2-7,20H,1H3. The van der Waals surface area contributed by atoms with Crippen molar-refractivity contribution >= 4 is 38.1 Å². The van der Waals surface area contributed by atoms with Gasteiger partial charge in [-0.25, -0.2) is 12.8 Å². The lowest BCUT2D eigenvalue weighted by Crippen LogP contribution is -2.16. The van der Waals surface area contributed by atoms with Crippen LogP contribution in [0, 0.1) is 5.82 Å². The smallest absolute Gasteiger partial charge is 0.278 e. The highest BCUT2D eigenvalue weighted by Crippen LogP contribution is 2.33. The van der Waals surface area contributed by atoms with Gasteiger partial charge in [-0.2, -0.15) is 13.2 Å². The molecule has 0 fully saturated rings. The van der Waals surface area contributed by atoms with Crippen molar-refractivity contribution in [1.82, 2.24) is 0 Å². The van der Waals surface area contributed by atoms with Crippen LogP contribution in [-0.4, -0.2) is 18.9 Å². The van der Waals surface area contributed by atoms with Crippen molar-refractivity contribution in [2.45, 2.75) is 16.0 Å². The number of hydrogen-bond acceptors (Lipinski definition) is 3. The normalized spacial score (nSPS) is 13.5. The van der Waals surface area contributed by atoms with Crippen LogP contribution in [0.3, 0.4) is 0 Å². The first-order valence-corrected chi connectivity index (χ1v) is 9.86. The van der Waals surface area contributed by atoms with Gasteiger partial charge in [0.1, 0.15) is 5.82 Å². The number of anilines is 1. The summed E-state index contributed by atoms with van der Waals surface area (Å²) in [6, 6.07) is 5.17. The lowest BCUT2D eigenvalue weighted by molar-refractivity contribution is -0.140. The second-order valence-corrected chi connectivity index (χ2v) is 8.31. The van der Waals surface area contributed by atoms with Crippen molar-refractivity contribution in [2.75, 3.05) is 11.0 Å². The second kappa shape index (κ2) is 6.93. The highest BCUT2D eigenvalue weighted by molar-refractivity contribution is 7.92. The molecule has 1 atom stereocenters. The van der Waals surface area contributed by atoms with Crippen LogP contribution in [0.1, 0.15) is 5.56 Å². The van der Waals surface area contributed by atoms with Crippen LogP contribution in [0.15, 0.2) is 46.2 Å². The van der Waals surface area contributed by atoms with Gasteiger partial charge >= 0.3 is 6.18 Å². The number of halogens is 5. The molecule has 0 saturated carbocycles. The van der Waals surface area contributed by atoms with E-state index < -0.39 is 43.3 Å². The zero-order valence-corrected chi connectivity index (χ0v) is 14.8. The van der Waals surface area contributed by atoms with Gasteiger partial charge in [0.05, 0.1) is 31.8 Å². The molecular weight excluding hydrogens is 406 g/mol. The van der Waals surface area contributed by atoms with Crippen molar-refractivity contribution in [3.05, 3.63) is 52.8 Å². The molecule has 11 heteroatoms. The van der Waals surface area contributed by atoms with Gasteiger partial charge in [-0.1, -0.05) is 11.6 Å². The van der Waals surface area contributed by atoms with Crippen LogP contribution in [0.4, 0.5) is 23.2 Å². The van der Waals surface area contributed by atoms with Gasteiger partial charge in [-0.3, -0.25) is 8.93 Å². The van der Waals surface area contributed by atoms with Gasteiger partial charge < -0.3 is 0 Å². The molecule has 2 rings (SSSR count). The monoisotopic (exact) mass is 415 g/mol. The Balaban J connectivity index is 2.51. The van der Waals surface area contributed by atoms with Gasteiger partial charge in [-0.05, 0) is 36.4 Å². The Morgan fingerprint density at radius 3 is 2.32 bits per heavy atom. The fourth-order valence-corrected chi connectivity index (χ4v) is 3.94. The third-order valence-electron chi connectivity index (χ3n) is 3.05. The van der Waals surface area contributed by atoms with Crippen LogP contribution in [0.5, 0.6) is 0 Å². The van der Waals surface area contributed by atoms with Crippen molar-refractivity contribution in [1.29, 1.82) is 0 Å². The number of sulfonamides is 1. The SMILES string of the molecule is CS(=O)c1ccc(Cl)cc1NS(=O)(=O)c1ccc(F)c(C(F)(F)F)c1. The molecule has 0 radical (unpaired) electrons. The van der Waals surface area contributed by atoms with Crippen molar-refractivity contribution < 1.29 is 30.2 Å². The first-order valence-electron chi connectivity index (χ1n) is 6.44. The van der Waals surface area contributed by atoms with E-state index in [-0.39, 0.29) is 21.7 Å². The number of alkyl halides is 3. The molecule has 0 aliphatic rings. The Morgan fingerprint density at radius 1 is 1.12 bits per heavy atom. The lowest BCUT2D eigenvalue weighted by Gasteiger charge is -2.14. The molecule has 0 aliphatic carbocycles. The maximum atomic E-state index is 13.3. The first-order chi connectivity index (χ1) is 11.4. The third kappa shape index (κ3) is 4.50. The van der Waals surface area contributed by atoms with E-state index in [0.717, 1.165) is 0 Å². The maximum absolute atomic E-state index is 13.3. The molecule has 0 aliphatic heterocycles. The minimum absolute atomic E-state index is 0.0890. The Morgan fingerprint density at radius 2 is 1.76 bits per heavy atom. The van der Waals surface area contributed by atoms with Crippen LogP contribution >= 0.6 is 11.6 Å². The van der Waals surface area contributed by atoms with E-state index in [1.807, 2.05) is 4.72 Å². The van der Waals surface area contributed by atoms with Crippen molar-refractivity contribution in [2.24, 2.45) is 0 Å². The van der Waals surface area contributed by atoms with Crippen LogP contribution in [0.2, 0.25) is 5.02 Å². The van der Waals surface area contributed by atoms with Gasteiger partial charge in [-0.15, -0.1) is 0 Å². The summed E-state index contributed by atoms with van der Waals surface area (Å²) in [5, 5.41) is 0.127. The number of benzene rings is 2. The van der Waals surface area contributed by atoms with E-state index in [1.54, 1.807) is 0 Å². The zero-order chi connectivity index (χ0) is 19.0. The van der Waals surface area contributed by atoms with Gasteiger partial charge in [0.15, 0.2) is 0 Å². The van der Waals surface area contributed by atoms with E-state index in [9.17, 15) is 30.2 Å². The lowest BCUT2D eigenvalue weighted by atomic mass is 10.2. The fraction of sp³-hybridized carbons (Fsp3) is 0.143. The molecule has 0 spiro atoms. The molecule has 2 aromatic carbocycles. The Hall–Kier alpha value is -1.65. The molecule has 0 bridgehead atoms. The van der Waals surface area contributed by atoms with E-state index >= 15 is 0 Å². The Labute approximate surface area is 148 Å². The summed E-state index contributed by atoms with van der Waals surface area (Å²) >= 11 is 5.77. The van der Waals surface area contributed by atoms with Crippen LogP contribution in [0.25, 0.3) is 0 Å². The minimum atomic E-state index is -5.05. The summed E-state index contributed by atoms with van der Waals surface area (Å²) in [6.45, 7) is 0. The highest BCUT2D eigenvalue weighted by Gasteiger charge is 2.35. The number of hydrogen-bond donors (Lipinski definition) is 1. The van der Waals surface area contributed by atoms with E-state index in [1.165, 1.54) is 24.5 Å². The largest absolute Gasteiger partial charge is 0.419 e. The quantitative estimate of drug-likeness (QED) is 0.767. The summed E-state index contributed by atoms with van der Waals surface area (Å²) in [4.78, 5) is -0.708. The van der Waals surface area contributed by atoms with Crippen molar-refractivity contribution in [3.63, 3.8) is 0 Å². The molecule has 0 amide bonds. The predicted molar refractivity (Wildman–Crippen MR) is 86.0 cm³/mol. The summed E-state index contributed by atoms with van der Waals surface area (Å²) in [6.07, 6.45) is -3.76. The predicted octanol–water partition coefficient (Wildman–Crippen LogP) is 4.04. The molecule has 1 unspecified atom stereocenters. The maximum Gasteiger partial charge on any atom is 0.419 e. The van der Waals surface area contributed by atoms with Crippen LogP contribution in [-0.2, 0) is 27.0 Å². The fourth-order valence-electron chi connectivity index (χ4n) is 1.93. The van der Waals surface area contributed by atoms with Gasteiger partial charge in [0.25, 0.3) is 10.0 Å². The summed E-state index contributed by atoms with van der Waals surface area (Å²) in [5.74, 6) is -1.59. The molecule has 0 saturated heterocycles. The Bertz CT molecular complexity index is 946. The molecule has 2 aromatic rings. The third-order valence-corrected chi connectivity index (χ3v) is 5.62. The Kier molecular flexibility index (Phi) is 5.45. The molecule has 1 N–H and O–H groups in total. The average molecular weight is 416 g/mol.